The van der Waals surface area contributed by atoms with E-state index in [4.69, 9.17) is 4.42 Å². The van der Waals surface area contributed by atoms with Crippen LogP contribution in [0.15, 0.2) is 53.2 Å². The zero-order valence-electron chi connectivity index (χ0n) is 12.7. The SMILES string of the molecule is C[C@H](N[C@@H](C)Cn1cccn1)c1nnc(-c2ccccc2)o1. The molecule has 0 bridgehead atoms. The summed E-state index contributed by atoms with van der Waals surface area (Å²) in [5, 5.41) is 15.9. The summed E-state index contributed by atoms with van der Waals surface area (Å²) in [5.74, 6) is 1.13. The van der Waals surface area contributed by atoms with Crippen molar-refractivity contribution in [1.82, 2.24) is 25.3 Å². The Morgan fingerprint density at radius 3 is 2.68 bits per heavy atom. The quantitative estimate of drug-likeness (QED) is 0.757. The van der Waals surface area contributed by atoms with Gasteiger partial charge in [-0.05, 0) is 32.0 Å². The van der Waals surface area contributed by atoms with Crippen LogP contribution in [0.25, 0.3) is 11.5 Å². The van der Waals surface area contributed by atoms with Crippen LogP contribution in [0.3, 0.4) is 0 Å². The lowest BCUT2D eigenvalue weighted by molar-refractivity contribution is 0.362. The fourth-order valence-corrected chi connectivity index (χ4v) is 2.35. The maximum atomic E-state index is 5.76. The molecule has 114 valence electrons. The van der Waals surface area contributed by atoms with Gasteiger partial charge in [-0.15, -0.1) is 10.2 Å². The Balaban J connectivity index is 1.63. The molecule has 0 aliphatic carbocycles. The van der Waals surface area contributed by atoms with Crippen molar-refractivity contribution in [3.63, 3.8) is 0 Å². The van der Waals surface area contributed by atoms with Crippen LogP contribution in [0.2, 0.25) is 0 Å². The van der Waals surface area contributed by atoms with Crippen LogP contribution in [0.5, 0.6) is 0 Å². The third kappa shape index (κ3) is 3.40. The Labute approximate surface area is 129 Å². The third-order valence-electron chi connectivity index (χ3n) is 3.39. The first-order valence-electron chi connectivity index (χ1n) is 7.34. The van der Waals surface area contributed by atoms with Crippen molar-refractivity contribution in [3.05, 3.63) is 54.7 Å². The molecule has 0 saturated heterocycles. The van der Waals surface area contributed by atoms with Crippen molar-refractivity contribution in [2.24, 2.45) is 0 Å². The molecule has 0 aliphatic heterocycles. The molecule has 0 unspecified atom stereocenters. The molecule has 3 aromatic rings. The van der Waals surface area contributed by atoms with Crippen LogP contribution in [-0.2, 0) is 6.54 Å². The summed E-state index contributed by atoms with van der Waals surface area (Å²) in [6.07, 6.45) is 3.73. The van der Waals surface area contributed by atoms with Gasteiger partial charge < -0.3 is 9.73 Å². The van der Waals surface area contributed by atoms with Gasteiger partial charge in [-0.3, -0.25) is 4.68 Å². The second-order valence-electron chi connectivity index (χ2n) is 5.33. The Kier molecular flexibility index (Phi) is 4.29. The first kappa shape index (κ1) is 14.5. The summed E-state index contributed by atoms with van der Waals surface area (Å²) in [5.41, 5.74) is 0.929. The van der Waals surface area contributed by atoms with Gasteiger partial charge in [0.1, 0.15) is 0 Å². The fourth-order valence-electron chi connectivity index (χ4n) is 2.35. The predicted molar refractivity (Wildman–Crippen MR) is 83.0 cm³/mol. The van der Waals surface area contributed by atoms with E-state index >= 15 is 0 Å². The monoisotopic (exact) mass is 297 g/mol. The number of rotatable bonds is 6. The third-order valence-corrected chi connectivity index (χ3v) is 3.39. The van der Waals surface area contributed by atoms with Crippen LogP contribution in [0, 0.1) is 0 Å². The fraction of sp³-hybridized carbons (Fsp3) is 0.312. The molecule has 0 saturated carbocycles. The second kappa shape index (κ2) is 6.53. The van der Waals surface area contributed by atoms with E-state index < -0.39 is 0 Å². The molecule has 22 heavy (non-hydrogen) atoms. The molecule has 1 N–H and O–H groups in total. The summed E-state index contributed by atoms with van der Waals surface area (Å²) in [4.78, 5) is 0. The van der Waals surface area contributed by atoms with Crippen molar-refractivity contribution in [2.45, 2.75) is 32.5 Å². The lowest BCUT2D eigenvalue weighted by Gasteiger charge is -2.17. The molecule has 2 atom stereocenters. The largest absolute Gasteiger partial charge is 0.419 e. The molecule has 2 aromatic heterocycles. The molecule has 3 rings (SSSR count). The Hall–Kier alpha value is -2.47. The number of hydrogen-bond donors (Lipinski definition) is 1. The minimum Gasteiger partial charge on any atom is -0.419 e. The van der Waals surface area contributed by atoms with Gasteiger partial charge >= 0.3 is 0 Å². The van der Waals surface area contributed by atoms with Crippen molar-refractivity contribution in [2.75, 3.05) is 0 Å². The van der Waals surface area contributed by atoms with Crippen LogP contribution in [-0.4, -0.2) is 26.0 Å². The second-order valence-corrected chi connectivity index (χ2v) is 5.33. The van der Waals surface area contributed by atoms with Crippen molar-refractivity contribution < 1.29 is 4.42 Å². The molecule has 0 radical (unpaired) electrons. The minimum absolute atomic E-state index is 0.0180. The predicted octanol–water partition coefficient (Wildman–Crippen LogP) is 2.67. The van der Waals surface area contributed by atoms with E-state index in [0.717, 1.165) is 12.1 Å². The normalized spacial score (nSPS) is 13.9. The highest BCUT2D eigenvalue weighted by Gasteiger charge is 2.17. The average Bonchev–Trinajstić information content (AvgIpc) is 3.19. The summed E-state index contributed by atoms with van der Waals surface area (Å²) in [7, 11) is 0. The van der Waals surface area contributed by atoms with Crippen LogP contribution in [0.1, 0.15) is 25.8 Å². The standard InChI is InChI=1S/C16H19N5O/c1-12(11-21-10-6-9-17-21)18-13(2)15-19-20-16(22-15)14-7-4-3-5-8-14/h3-10,12-13,18H,11H2,1-2H3/t12-,13-/m0/s1. The van der Waals surface area contributed by atoms with E-state index in [9.17, 15) is 0 Å². The molecule has 0 amide bonds. The van der Waals surface area contributed by atoms with E-state index in [1.807, 2.05) is 54.2 Å². The molecule has 0 fully saturated rings. The first-order valence-corrected chi connectivity index (χ1v) is 7.34. The molecular weight excluding hydrogens is 278 g/mol. The highest BCUT2D eigenvalue weighted by Crippen LogP contribution is 2.20. The van der Waals surface area contributed by atoms with Crippen molar-refractivity contribution in [1.29, 1.82) is 0 Å². The van der Waals surface area contributed by atoms with E-state index in [0.29, 0.717) is 11.8 Å². The first-order chi connectivity index (χ1) is 10.7. The summed E-state index contributed by atoms with van der Waals surface area (Å²) < 4.78 is 7.66. The van der Waals surface area contributed by atoms with Crippen molar-refractivity contribution in [3.8, 4) is 11.5 Å². The number of hydrogen-bond acceptors (Lipinski definition) is 5. The lowest BCUT2D eigenvalue weighted by Crippen LogP contribution is -2.33. The summed E-state index contributed by atoms with van der Waals surface area (Å²) >= 11 is 0. The zero-order valence-corrected chi connectivity index (χ0v) is 12.7. The van der Waals surface area contributed by atoms with E-state index in [1.165, 1.54) is 0 Å². The summed E-state index contributed by atoms with van der Waals surface area (Å²) in [6, 6.07) is 11.9. The molecule has 6 heteroatoms. The van der Waals surface area contributed by atoms with Gasteiger partial charge in [0.15, 0.2) is 0 Å². The zero-order chi connectivity index (χ0) is 15.4. The number of benzene rings is 1. The Bertz CT molecular complexity index is 692. The van der Waals surface area contributed by atoms with Gasteiger partial charge in [-0.25, -0.2) is 0 Å². The van der Waals surface area contributed by atoms with Gasteiger partial charge in [0.2, 0.25) is 11.8 Å². The molecule has 1 aromatic carbocycles. The number of aromatic nitrogens is 4. The number of nitrogens with one attached hydrogen (secondary N) is 1. The van der Waals surface area contributed by atoms with E-state index in [1.54, 1.807) is 6.20 Å². The van der Waals surface area contributed by atoms with Crippen LogP contribution < -0.4 is 5.32 Å². The Morgan fingerprint density at radius 1 is 1.14 bits per heavy atom. The van der Waals surface area contributed by atoms with Gasteiger partial charge in [-0.1, -0.05) is 18.2 Å². The average molecular weight is 297 g/mol. The van der Waals surface area contributed by atoms with Gasteiger partial charge in [0, 0.05) is 24.0 Å². The topological polar surface area (TPSA) is 68.8 Å². The number of nitrogens with zero attached hydrogens (tertiary/aromatic N) is 4. The minimum atomic E-state index is -0.0180. The maximum absolute atomic E-state index is 5.76. The molecule has 0 spiro atoms. The molecule has 2 heterocycles. The maximum Gasteiger partial charge on any atom is 0.247 e. The van der Waals surface area contributed by atoms with E-state index in [-0.39, 0.29) is 12.1 Å². The van der Waals surface area contributed by atoms with Crippen LogP contribution in [0.4, 0.5) is 0 Å². The molecule has 6 nitrogen and oxygen atoms in total. The highest BCUT2D eigenvalue weighted by atomic mass is 16.4. The molecule has 0 aliphatic rings. The van der Waals surface area contributed by atoms with Gasteiger partial charge in [-0.2, -0.15) is 5.10 Å². The molecular formula is C16H19N5O. The summed E-state index contributed by atoms with van der Waals surface area (Å²) in [6.45, 7) is 4.91. The van der Waals surface area contributed by atoms with Gasteiger partial charge in [0.25, 0.3) is 0 Å². The lowest BCUT2D eigenvalue weighted by atomic mass is 10.2. The van der Waals surface area contributed by atoms with Gasteiger partial charge in [0.05, 0.1) is 12.6 Å². The van der Waals surface area contributed by atoms with Crippen LogP contribution >= 0.6 is 0 Å². The van der Waals surface area contributed by atoms with E-state index in [2.05, 4.69) is 27.5 Å². The highest BCUT2D eigenvalue weighted by molar-refractivity contribution is 5.51. The Morgan fingerprint density at radius 2 is 1.95 bits per heavy atom. The van der Waals surface area contributed by atoms with Crippen molar-refractivity contribution >= 4 is 0 Å². The smallest absolute Gasteiger partial charge is 0.247 e.